The molecule has 2 aromatic carbocycles. The Morgan fingerprint density at radius 3 is 2.56 bits per heavy atom. The number of benzene rings is 2. The summed E-state index contributed by atoms with van der Waals surface area (Å²) in [5, 5.41) is 3.83. The smallest absolute Gasteiger partial charge is 0.346 e. The number of fused-ring (bicyclic) bond motifs is 1. The van der Waals surface area contributed by atoms with Crippen LogP contribution >= 0.6 is 0 Å². The number of nitrogens with one attached hydrogen (secondary N) is 1. The summed E-state index contributed by atoms with van der Waals surface area (Å²) in [7, 11) is 0. The maximum Gasteiger partial charge on any atom is 0.346 e. The lowest BCUT2D eigenvalue weighted by molar-refractivity contribution is 0.0513. The van der Waals surface area contributed by atoms with E-state index in [0.717, 1.165) is 27.0 Å². The summed E-state index contributed by atoms with van der Waals surface area (Å²) in [6.45, 7) is 4.01. The number of anilines is 1. The highest BCUT2D eigenvalue weighted by Gasteiger charge is 2.26. The van der Waals surface area contributed by atoms with E-state index in [9.17, 15) is 9.59 Å². The first-order valence-corrected chi connectivity index (χ1v) is 12.5. The van der Waals surface area contributed by atoms with Gasteiger partial charge in [0.05, 0.1) is 23.4 Å². The third-order valence-corrected chi connectivity index (χ3v) is 6.24. The highest BCUT2D eigenvalue weighted by Crippen LogP contribution is 2.29. The molecule has 9 nitrogen and oxygen atoms in total. The molecule has 0 aliphatic heterocycles. The van der Waals surface area contributed by atoms with Gasteiger partial charge in [0.25, 0.3) is 0 Å². The van der Waals surface area contributed by atoms with E-state index in [1.165, 1.54) is 6.33 Å². The Labute approximate surface area is 225 Å². The Balaban J connectivity index is 1.62. The normalized spacial score (nSPS) is 10.8. The molecule has 0 bridgehead atoms. The van der Waals surface area contributed by atoms with Crippen LogP contribution in [0, 0.1) is 6.92 Å². The van der Waals surface area contributed by atoms with Gasteiger partial charge in [-0.2, -0.15) is 0 Å². The zero-order valence-corrected chi connectivity index (χ0v) is 21.6. The first-order valence-electron chi connectivity index (χ1n) is 12.5. The first-order chi connectivity index (χ1) is 19.1. The molecule has 0 radical (unpaired) electrons. The van der Waals surface area contributed by atoms with Crippen molar-refractivity contribution in [1.82, 2.24) is 19.7 Å². The Hall–Kier alpha value is -5.05. The Bertz CT molecular complexity index is 1670. The summed E-state index contributed by atoms with van der Waals surface area (Å²) in [5.74, 6) is -0.757. The van der Waals surface area contributed by atoms with Crippen molar-refractivity contribution in [2.24, 2.45) is 0 Å². The van der Waals surface area contributed by atoms with Crippen molar-refractivity contribution in [3.8, 4) is 11.1 Å². The largest absolute Gasteiger partial charge is 0.462 e. The third kappa shape index (κ3) is 5.33. The number of esters is 1. The molecule has 1 N–H and O–H groups in total. The number of pyridine rings is 2. The molecule has 0 unspecified atom stereocenters. The molecule has 5 rings (SSSR count). The van der Waals surface area contributed by atoms with E-state index in [-0.39, 0.29) is 24.4 Å². The molecule has 39 heavy (non-hydrogen) atoms. The van der Waals surface area contributed by atoms with Gasteiger partial charge in [-0.3, -0.25) is 9.78 Å². The van der Waals surface area contributed by atoms with Gasteiger partial charge < -0.3 is 14.9 Å². The fraction of sp³-hybridized carbons (Fsp3) is 0.167. The van der Waals surface area contributed by atoms with E-state index in [1.54, 1.807) is 26.2 Å². The third-order valence-electron chi connectivity index (χ3n) is 6.24. The second-order valence-corrected chi connectivity index (χ2v) is 8.74. The van der Waals surface area contributed by atoms with Gasteiger partial charge in [0.1, 0.15) is 12.9 Å². The molecular formula is C30H27N5O4. The van der Waals surface area contributed by atoms with E-state index in [0.29, 0.717) is 23.3 Å². The molecule has 0 saturated carbocycles. The van der Waals surface area contributed by atoms with Crippen molar-refractivity contribution in [3.05, 3.63) is 118 Å². The molecule has 0 aliphatic carbocycles. The van der Waals surface area contributed by atoms with Crippen molar-refractivity contribution in [3.63, 3.8) is 0 Å². The number of nitrogens with zero attached hydrogens (tertiary/aromatic N) is 4. The van der Waals surface area contributed by atoms with Gasteiger partial charge in [-0.05, 0) is 36.6 Å². The van der Waals surface area contributed by atoms with E-state index < -0.39 is 11.5 Å². The molecule has 0 amide bonds. The molecule has 3 heterocycles. The van der Waals surface area contributed by atoms with Crippen LogP contribution in [0.1, 0.15) is 34.1 Å². The van der Waals surface area contributed by atoms with Gasteiger partial charge in [0, 0.05) is 24.5 Å². The standard InChI is InChI=1S/C30H27N5O4/c1-3-38-30(37)26-27(32-17-23-12-7-8-14-24(23)22-13-9-15-31-16-22)25-20(2)33-19-34-28(25)35(29(26)36)39-18-21-10-5-4-6-11-21/h4-16,19,32H,3,17-18H2,1-2H3. The van der Waals surface area contributed by atoms with Crippen molar-refractivity contribution in [1.29, 1.82) is 0 Å². The predicted octanol–water partition coefficient (Wildman–Crippen LogP) is 4.58. The molecule has 9 heteroatoms. The zero-order valence-electron chi connectivity index (χ0n) is 21.6. The van der Waals surface area contributed by atoms with Gasteiger partial charge in [-0.15, -0.1) is 4.73 Å². The number of rotatable bonds is 9. The minimum atomic E-state index is -0.757. The minimum absolute atomic E-state index is 0.104. The van der Waals surface area contributed by atoms with Crippen LogP contribution in [0.5, 0.6) is 0 Å². The maximum absolute atomic E-state index is 13.8. The number of carbonyl (C=O) groups excluding carboxylic acids is 1. The molecule has 0 spiro atoms. The molecule has 3 aromatic heterocycles. The van der Waals surface area contributed by atoms with Gasteiger partial charge in [-0.25, -0.2) is 14.8 Å². The van der Waals surface area contributed by atoms with E-state index in [1.807, 2.05) is 66.7 Å². The number of aryl methyl sites for hydroxylation is 1. The lowest BCUT2D eigenvalue weighted by Gasteiger charge is -2.19. The molecule has 0 fully saturated rings. The van der Waals surface area contributed by atoms with Crippen LogP contribution in [-0.4, -0.2) is 32.3 Å². The molecule has 0 saturated heterocycles. The van der Waals surface area contributed by atoms with Crippen molar-refractivity contribution in [2.75, 3.05) is 11.9 Å². The average molecular weight is 522 g/mol. The Morgan fingerprint density at radius 1 is 1.00 bits per heavy atom. The van der Waals surface area contributed by atoms with Crippen molar-refractivity contribution >= 4 is 22.7 Å². The number of ether oxygens (including phenoxy) is 1. The van der Waals surface area contributed by atoms with Crippen LogP contribution in [0.15, 0.2) is 90.2 Å². The average Bonchev–Trinajstić information content (AvgIpc) is 2.97. The first kappa shape index (κ1) is 25.6. The van der Waals surface area contributed by atoms with E-state index >= 15 is 0 Å². The summed E-state index contributed by atoms with van der Waals surface area (Å²) in [5.41, 5.74) is 4.02. The second-order valence-electron chi connectivity index (χ2n) is 8.74. The number of hydrogen-bond donors (Lipinski definition) is 1. The molecular weight excluding hydrogens is 494 g/mol. The topological polar surface area (TPSA) is 108 Å². The van der Waals surface area contributed by atoms with Crippen molar-refractivity contribution < 1.29 is 14.4 Å². The summed E-state index contributed by atoms with van der Waals surface area (Å²) in [6.07, 6.45) is 4.88. The zero-order chi connectivity index (χ0) is 27.2. The molecule has 0 aliphatic rings. The van der Waals surface area contributed by atoms with Gasteiger partial charge in [-0.1, -0.05) is 60.7 Å². The van der Waals surface area contributed by atoms with Crippen LogP contribution in [-0.2, 0) is 17.9 Å². The van der Waals surface area contributed by atoms with Crippen LogP contribution in [0.2, 0.25) is 0 Å². The lowest BCUT2D eigenvalue weighted by Crippen LogP contribution is -2.34. The summed E-state index contributed by atoms with van der Waals surface area (Å²) >= 11 is 0. The predicted molar refractivity (Wildman–Crippen MR) is 148 cm³/mol. The lowest BCUT2D eigenvalue weighted by atomic mass is 10.0. The SMILES string of the molecule is CCOC(=O)c1c(NCc2ccccc2-c2cccnc2)c2c(C)ncnc2n(OCc2ccccc2)c1=O. The van der Waals surface area contributed by atoms with Crippen LogP contribution in [0.25, 0.3) is 22.2 Å². The Kier molecular flexibility index (Phi) is 7.58. The number of carbonyl (C=O) groups is 1. The summed E-state index contributed by atoms with van der Waals surface area (Å²) < 4.78 is 6.36. The number of hydrogen-bond acceptors (Lipinski definition) is 8. The van der Waals surface area contributed by atoms with Crippen LogP contribution < -0.4 is 15.7 Å². The molecule has 196 valence electrons. The van der Waals surface area contributed by atoms with Crippen LogP contribution in [0.3, 0.4) is 0 Å². The summed E-state index contributed by atoms with van der Waals surface area (Å²) in [6, 6.07) is 21.2. The van der Waals surface area contributed by atoms with Crippen molar-refractivity contribution in [2.45, 2.75) is 27.0 Å². The highest BCUT2D eigenvalue weighted by atomic mass is 16.7. The fourth-order valence-corrected chi connectivity index (χ4v) is 4.40. The van der Waals surface area contributed by atoms with E-state index in [2.05, 4.69) is 20.3 Å². The summed E-state index contributed by atoms with van der Waals surface area (Å²) in [4.78, 5) is 45.8. The molecule has 5 aromatic rings. The second kappa shape index (κ2) is 11.6. The van der Waals surface area contributed by atoms with Gasteiger partial charge in [0.2, 0.25) is 0 Å². The fourth-order valence-electron chi connectivity index (χ4n) is 4.40. The minimum Gasteiger partial charge on any atom is -0.462 e. The monoisotopic (exact) mass is 521 g/mol. The molecule has 0 atom stereocenters. The van der Waals surface area contributed by atoms with Gasteiger partial charge in [0.15, 0.2) is 11.2 Å². The maximum atomic E-state index is 13.8. The van der Waals surface area contributed by atoms with Gasteiger partial charge >= 0.3 is 11.5 Å². The van der Waals surface area contributed by atoms with E-state index in [4.69, 9.17) is 9.57 Å². The quantitative estimate of drug-likeness (QED) is 0.281. The Morgan fingerprint density at radius 2 is 1.79 bits per heavy atom. The van der Waals surface area contributed by atoms with Crippen LogP contribution in [0.4, 0.5) is 5.69 Å². The number of aromatic nitrogens is 4. The highest BCUT2D eigenvalue weighted by molar-refractivity contribution is 6.05.